The molecule has 8 heteroatoms. The molecule has 0 bridgehead atoms. The maximum Gasteiger partial charge on any atom is 0.322 e. The van der Waals surface area contributed by atoms with Gasteiger partial charge in [-0.3, -0.25) is 0 Å². The maximum atomic E-state index is 8.90. The molecule has 18 heavy (non-hydrogen) atoms. The highest BCUT2D eigenvalue weighted by molar-refractivity contribution is 5.39. The van der Waals surface area contributed by atoms with Crippen molar-refractivity contribution in [3.8, 4) is 6.01 Å². The molecule has 0 aliphatic heterocycles. The van der Waals surface area contributed by atoms with E-state index < -0.39 is 0 Å². The van der Waals surface area contributed by atoms with Gasteiger partial charge in [-0.2, -0.15) is 15.0 Å². The normalized spacial score (nSPS) is 10.3. The SMILES string of the molecule is COc1nc(N(C)CCO)nc(N(C)CCO)n1. The van der Waals surface area contributed by atoms with Crippen LogP contribution in [0.25, 0.3) is 0 Å². The third-order valence-electron chi connectivity index (χ3n) is 2.33. The van der Waals surface area contributed by atoms with E-state index in [2.05, 4.69) is 15.0 Å². The monoisotopic (exact) mass is 257 g/mol. The van der Waals surface area contributed by atoms with E-state index in [0.29, 0.717) is 25.0 Å². The Labute approximate surface area is 106 Å². The summed E-state index contributed by atoms with van der Waals surface area (Å²) >= 11 is 0. The van der Waals surface area contributed by atoms with Gasteiger partial charge in [0.2, 0.25) is 11.9 Å². The molecule has 0 unspecified atom stereocenters. The minimum atomic E-state index is 0.00626. The van der Waals surface area contributed by atoms with Crippen molar-refractivity contribution in [1.82, 2.24) is 15.0 Å². The molecule has 0 aliphatic carbocycles. The quantitative estimate of drug-likeness (QED) is 0.625. The van der Waals surface area contributed by atoms with Crippen LogP contribution in [-0.4, -0.2) is 72.7 Å². The van der Waals surface area contributed by atoms with Crippen LogP contribution in [0.5, 0.6) is 6.01 Å². The molecule has 0 amide bonds. The molecule has 1 rings (SSSR count). The van der Waals surface area contributed by atoms with Crippen LogP contribution in [-0.2, 0) is 0 Å². The molecule has 1 aromatic rings. The molecular weight excluding hydrogens is 238 g/mol. The van der Waals surface area contributed by atoms with Gasteiger partial charge < -0.3 is 24.7 Å². The molecule has 0 saturated carbocycles. The average molecular weight is 257 g/mol. The summed E-state index contributed by atoms with van der Waals surface area (Å²) in [5, 5.41) is 17.8. The molecule has 0 radical (unpaired) electrons. The molecule has 102 valence electrons. The van der Waals surface area contributed by atoms with Crippen molar-refractivity contribution in [2.75, 3.05) is 57.3 Å². The minimum absolute atomic E-state index is 0.00626. The number of hydrogen-bond donors (Lipinski definition) is 2. The first-order chi connectivity index (χ1) is 8.62. The Balaban J connectivity index is 3.00. The lowest BCUT2D eigenvalue weighted by atomic mass is 10.6. The zero-order valence-electron chi connectivity index (χ0n) is 10.9. The Hall–Kier alpha value is -1.67. The van der Waals surface area contributed by atoms with Crippen LogP contribution in [0, 0.1) is 0 Å². The molecule has 1 aromatic heterocycles. The summed E-state index contributed by atoms with van der Waals surface area (Å²) in [6, 6.07) is 0.199. The van der Waals surface area contributed by atoms with Gasteiger partial charge in [0.1, 0.15) is 0 Å². The van der Waals surface area contributed by atoms with E-state index in [-0.39, 0.29) is 19.2 Å². The van der Waals surface area contributed by atoms with E-state index in [0.717, 1.165) is 0 Å². The Kier molecular flexibility index (Phi) is 5.53. The van der Waals surface area contributed by atoms with Gasteiger partial charge in [-0.1, -0.05) is 0 Å². The van der Waals surface area contributed by atoms with E-state index in [1.165, 1.54) is 7.11 Å². The first-order valence-corrected chi connectivity index (χ1v) is 5.56. The van der Waals surface area contributed by atoms with Crippen LogP contribution < -0.4 is 14.5 Å². The fourth-order valence-electron chi connectivity index (χ4n) is 1.27. The van der Waals surface area contributed by atoms with Crippen LogP contribution in [0.4, 0.5) is 11.9 Å². The first-order valence-electron chi connectivity index (χ1n) is 5.56. The van der Waals surface area contributed by atoms with Gasteiger partial charge in [0, 0.05) is 27.2 Å². The van der Waals surface area contributed by atoms with Crippen LogP contribution in [0.2, 0.25) is 0 Å². The number of nitrogens with zero attached hydrogens (tertiary/aromatic N) is 5. The van der Waals surface area contributed by atoms with Gasteiger partial charge >= 0.3 is 6.01 Å². The van der Waals surface area contributed by atoms with Gasteiger partial charge in [-0.25, -0.2) is 0 Å². The zero-order chi connectivity index (χ0) is 13.5. The molecule has 0 aliphatic rings. The lowest BCUT2D eigenvalue weighted by Crippen LogP contribution is -2.27. The smallest absolute Gasteiger partial charge is 0.322 e. The standard InChI is InChI=1S/C10H19N5O3/c1-14(4-6-16)8-11-9(15(2)5-7-17)13-10(12-8)18-3/h16-17H,4-7H2,1-3H3. The summed E-state index contributed by atoms with van der Waals surface area (Å²) in [4.78, 5) is 15.8. The van der Waals surface area contributed by atoms with Crippen LogP contribution in [0.15, 0.2) is 0 Å². The van der Waals surface area contributed by atoms with Crippen molar-refractivity contribution in [1.29, 1.82) is 0 Å². The average Bonchev–Trinajstić information content (AvgIpc) is 2.38. The van der Waals surface area contributed by atoms with E-state index >= 15 is 0 Å². The fourth-order valence-corrected chi connectivity index (χ4v) is 1.27. The highest BCUT2D eigenvalue weighted by Gasteiger charge is 2.13. The van der Waals surface area contributed by atoms with Gasteiger partial charge in [0.15, 0.2) is 0 Å². The second kappa shape index (κ2) is 6.92. The number of rotatable bonds is 7. The van der Waals surface area contributed by atoms with E-state index in [1.54, 1.807) is 23.9 Å². The molecular formula is C10H19N5O3. The largest absolute Gasteiger partial charge is 0.467 e. The summed E-state index contributed by atoms with van der Waals surface area (Å²) in [5.41, 5.74) is 0. The predicted octanol–water partition coefficient (Wildman–Crippen LogP) is -1.26. The third kappa shape index (κ3) is 3.67. The molecule has 8 nitrogen and oxygen atoms in total. The molecule has 0 saturated heterocycles. The van der Waals surface area contributed by atoms with Crippen molar-refractivity contribution >= 4 is 11.9 Å². The van der Waals surface area contributed by atoms with E-state index in [9.17, 15) is 0 Å². The summed E-state index contributed by atoms with van der Waals surface area (Å²) in [5.74, 6) is 0.825. The van der Waals surface area contributed by atoms with Crippen LogP contribution >= 0.6 is 0 Å². The molecule has 0 atom stereocenters. The number of ether oxygens (including phenoxy) is 1. The number of likely N-dealkylation sites (N-methyl/N-ethyl adjacent to an activating group) is 2. The number of anilines is 2. The van der Waals surface area contributed by atoms with Crippen molar-refractivity contribution < 1.29 is 14.9 Å². The highest BCUT2D eigenvalue weighted by atomic mass is 16.5. The molecule has 0 aromatic carbocycles. The number of aromatic nitrogens is 3. The zero-order valence-corrected chi connectivity index (χ0v) is 10.9. The van der Waals surface area contributed by atoms with Gasteiger partial charge in [0.25, 0.3) is 0 Å². The molecule has 0 fully saturated rings. The number of hydrogen-bond acceptors (Lipinski definition) is 8. The number of aliphatic hydroxyl groups is 2. The van der Waals surface area contributed by atoms with E-state index in [1.807, 2.05) is 0 Å². The number of aliphatic hydroxyl groups excluding tert-OH is 2. The summed E-state index contributed by atoms with van der Waals surface area (Å²) in [6.07, 6.45) is 0. The third-order valence-corrected chi connectivity index (χ3v) is 2.33. The van der Waals surface area contributed by atoms with Crippen LogP contribution in [0.3, 0.4) is 0 Å². The Bertz CT molecular complexity index is 346. The van der Waals surface area contributed by atoms with Gasteiger partial charge in [-0.05, 0) is 0 Å². The topological polar surface area (TPSA) is 94.8 Å². The predicted molar refractivity (Wildman–Crippen MR) is 67.1 cm³/mol. The van der Waals surface area contributed by atoms with Crippen LogP contribution in [0.1, 0.15) is 0 Å². The summed E-state index contributed by atoms with van der Waals surface area (Å²) in [7, 11) is 5.00. The molecule has 0 spiro atoms. The van der Waals surface area contributed by atoms with Gasteiger partial charge in [0.05, 0.1) is 20.3 Å². The Morgan fingerprint density at radius 3 is 1.72 bits per heavy atom. The summed E-state index contributed by atoms with van der Waals surface area (Å²) < 4.78 is 5.01. The number of methoxy groups -OCH3 is 1. The summed E-state index contributed by atoms with van der Waals surface area (Å²) in [6.45, 7) is 0.839. The maximum absolute atomic E-state index is 8.90. The fraction of sp³-hybridized carbons (Fsp3) is 0.700. The Morgan fingerprint density at radius 1 is 0.944 bits per heavy atom. The van der Waals surface area contributed by atoms with E-state index in [4.69, 9.17) is 14.9 Å². The second-order valence-corrected chi connectivity index (χ2v) is 3.71. The second-order valence-electron chi connectivity index (χ2n) is 3.71. The molecule has 1 heterocycles. The van der Waals surface area contributed by atoms with Crippen molar-refractivity contribution in [2.24, 2.45) is 0 Å². The first kappa shape index (κ1) is 14.4. The molecule has 2 N–H and O–H groups in total. The lowest BCUT2D eigenvalue weighted by Gasteiger charge is -2.20. The van der Waals surface area contributed by atoms with Crippen molar-refractivity contribution in [3.05, 3.63) is 0 Å². The Morgan fingerprint density at radius 2 is 1.39 bits per heavy atom. The van der Waals surface area contributed by atoms with Gasteiger partial charge in [-0.15, -0.1) is 0 Å². The minimum Gasteiger partial charge on any atom is -0.467 e. The lowest BCUT2D eigenvalue weighted by molar-refractivity contribution is 0.302. The highest BCUT2D eigenvalue weighted by Crippen LogP contribution is 2.15. The van der Waals surface area contributed by atoms with Crippen molar-refractivity contribution in [3.63, 3.8) is 0 Å². The van der Waals surface area contributed by atoms with Crippen molar-refractivity contribution in [2.45, 2.75) is 0 Å².